The van der Waals surface area contributed by atoms with Crippen molar-refractivity contribution in [3.05, 3.63) is 63.6 Å². The van der Waals surface area contributed by atoms with E-state index in [1.54, 1.807) is 30.3 Å². The van der Waals surface area contributed by atoms with E-state index in [1.165, 1.54) is 0 Å². The first-order valence-corrected chi connectivity index (χ1v) is 13.5. The Hall–Kier alpha value is -3.68. The SMILES string of the molecule is CC(C)(C)C1CCC(N(Cc2ccc(C(=O)Nc3nn[nH]n3)cc2)C(=Nc2cc(Cl)cc(Cl)c2)NC#N)CC1. The zero-order valence-electron chi connectivity index (χ0n) is 22.1. The molecule has 3 N–H and O–H groups in total. The van der Waals surface area contributed by atoms with Crippen LogP contribution in [0.25, 0.3) is 0 Å². The zero-order chi connectivity index (χ0) is 28.0. The number of carbonyl (C=O) groups is 1. The van der Waals surface area contributed by atoms with Gasteiger partial charge in [0.2, 0.25) is 5.96 Å². The average molecular weight is 569 g/mol. The molecular formula is C27H31Cl2N9O. The maximum Gasteiger partial charge on any atom is 0.270 e. The van der Waals surface area contributed by atoms with E-state index < -0.39 is 0 Å². The molecule has 0 spiro atoms. The summed E-state index contributed by atoms with van der Waals surface area (Å²) >= 11 is 12.4. The lowest BCUT2D eigenvalue weighted by atomic mass is 9.71. The molecule has 12 heteroatoms. The van der Waals surface area contributed by atoms with Gasteiger partial charge in [0.25, 0.3) is 11.9 Å². The van der Waals surface area contributed by atoms with Crippen molar-refractivity contribution in [1.82, 2.24) is 30.8 Å². The number of hydrogen-bond donors (Lipinski definition) is 3. The molecule has 0 saturated heterocycles. The number of rotatable bonds is 6. The van der Waals surface area contributed by atoms with Crippen LogP contribution in [0.2, 0.25) is 10.0 Å². The van der Waals surface area contributed by atoms with Gasteiger partial charge in [-0.05, 0) is 78.1 Å². The number of H-pyrrole nitrogens is 1. The summed E-state index contributed by atoms with van der Waals surface area (Å²) in [5, 5.41) is 29.1. The maximum atomic E-state index is 12.5. The van der Waals surface area contributed by atoms with Gasteiger partial charge < -0.3 is 4.90 Å². The molecule has 0 radical (unpaired) electrons. The number of aromatic amines is 1. The third-order valence-corrected chi connectivity index (χ3v) is 7.46. The summed E-state index contributed by atoms with van der Waals surface area (Å²) in [6.07, 6.45) is 6.15. The van der Waals surface area contributed by atoms with Crippen molar-refractivity contribution >= 4 is 46.7 Å². The van der Waals surface area contributed by atoms with Gasteiger partial charge in [-0.2, -0.15) is 10.5 Å². The van der Waals surface area contributed by atoms with E-state index in [0.29, 0.717) is 39.7 Å². The third-order valence-electron chi connectivity index (χ3n) is 7.02. The summed E-state index contributed by atoms with van der Waals surface area (Å²) in [6.45, 7) is 7.36. The van der Waals surface area contributed by atoms with E-state index in [-0.39, 0.29) is 23.3 Å². The second kappa shape index (κ2) is 12.5. The normalized spacial score (nSPS) is 17.8. The molecule has 1 fully saturated rings. The summed E-state index contributed by atoms with van der Waals surface area (Å²) in [6, 6.07) is 12.5. The second-order valence-corrected chi connectivity index (χ2v) is 11.6. The number of nitriles is 1. The van der Waals surface area contributed by atoms with Gasteiger partial charge in [0.15, 0.2) is 6.19 Å². The molecule has 4 rings (SSSR count). The molecule has 1 aliphatic carbocycles. The number of nitrogens with zero attached hydrogens (tertiary/aromatic N) is 6. The summed E-state index contributed by atoms with van der Waals surface area (Å²) in [5.41, 5.74) is 2.21. The molecule has 1 aromatic heterocycles. The van der Waals surface area contributed by atoms with Gasteiger partial charge in [-0.1, -0.05) is 61.2 Å². The van der Waals surface area contributed by atoms with Crippen LogP contribution in [0.1, 0.15) is 62.4 Å². The minimum absolute atomic E-state index is 0.102. The summed E-state index contributed by atoms with van der Waals surface area (Å²) in [5.74, 6) is 0.815. The van der Waals surface area contributed by atoms with Crippen LogP contribution in [-0.4, -0.2) is 43.4 Å². The topological polar surface area (TPSA) is 135 Å². The average Bonchev–Trinajstić information content (AvgIpc) is 3.39. The minimum Gasteiger partial charge on any atom is -0.335 e. The highest BCUT2D eigenvalue weighted by molar-refractivity contribution is 6.35. The molecule has 10 nitrogen and oxygen atoms in total. The van der Waals surface area contributed by atoms with E-state index in [1.807, 2.05) is 18.3 Å². The Balaban J connectivity index is 1.60. The molecule has 0 bridgehead atoms. The van der Waals surface area contributed by atoms with Crippen molar-refractivity contribution < 1.29 is 4.79 Å². The standard InChI is InChI=1S/C27H31Cl2N9O/c1-27(2,3)19-8-10-23(11-9-19)38(26(31-16-30)32-22-13-20(28)12-21(29)14-22)15-17-4-6-18(7-5-17)24(39)33-25-34-36-37-35-25/h4-7,12-14,19,23H,8-11,15H2,1-3H3,(H,31,32)(H2,33,34,35,36,37,39). The summed E-state index contributed by atoms with van der Waals surface area (Å²) in [7, 11) is 0. The van der Waals surface area contributed by atoms with Gasteiger partial charge in [0, 0.05) is 28.2 Å². The van der Waals surface area contributed by atoms with Gasteiger partial charge in [-0.3, -0.25) is 15.4 Å². The van der Waals surface area contributed by atoms with Crippen molar-refractivity contribution in [3.63, 3.8) is 0 Å². The van der Waals surface area contributed by atoms with Crippen molar-refractivity contribution in [2.24, 2.45) is 16.3 Å². The van der Waals surface area contributed by atoms with Crippen LogP contribution >= 0.6 is 23.2 Å². The third kappa shape index (κ3) is 7.68. The predicted molar refractivity (Wildman–Crippen MR) is 152 cm³/mol. The van der Waals surface area contributed by atoms with Gasteiger partial charge in [0.1, 0.15) is 0 Å². The first-order chi connectivity index (χ1) is 18.6. The molecule has 1 saturated carbocycles. The van der Waals surface area contributed by atoms with E-state index in [4.69, 9.17) is 28.2 Å². The highest BCUT2D eigenvalue weighted by Crippen LogP contribution is 2.39. The quantitative estimate of drug-likeness (QED) is 0.145. The predicted octanol–water partition coefficient (Wildman–Crippen LogP) is 5.92. The maximum absolute atomic E-state index is 12.5. The molecule has 1 amide bonds. The Bertz CT molecular complexity index is 1320. The fourth-order valence-corrected chi connectivity index (χ4v) is 5.43. The number of amides is 1. The second-order valence-electron chi connectivity index (χ2n) is 10.7. The molecular weight excluding hydrogens is 537 g/mol. The fourth-order valence-electron chi connectivity index (χ4n) is 4.92. The molecule has 39 heavy (non-hydrogen) atoms. The highest BCUT2D eigenvalue weighted by atomic mass is 35.5. The Morgan fingerprint density at radius 1 is 1.13 bits per heavy atom. The van der Waals surface area contributed by atoms with Crippen LogP contribution in [0.4, 0.5) is 11.6 Å². The number of anilines is 1. The van der Waals surface area contributed by atoms with E-state index in [9.17, 15) is 10.1 Å². The number of aromatic nitrogens is 4. The first-order valence-electron chi connectivity index (χ1n) is 12.7. The number of nitrogens with one attached hydrogen (secondary N) is 3. The molecule has 1 heterocycles. The fraction of sp³-hybridized carbons (Fsp3) is 0.407. The van der Waals surface area contributed by atoms with E-state index in [0.717, 1.165) is 31.2 Å². The molecule has 0 atom stereocenters. The molecule has 0 unspecified atom stereocenters. The number of hydrogen-bond acceptors (Lipinski definition) is 6. The highest BCUT2D eigenvalue weighted by Gasteiger charge is 2.33. The molecule has 204 valence electrons. The Labute approximate surface area is 237 Å². The molecule has 0 aliphatic heterocycles. The van der Waals surface area contributed by atoms with Gasteiger partial charge in [-0.15, -0.1) is 5.10 Å². The Morgan fingerprint density at radius 3 is 2.36 bits per heavy atom. The Morgan fingerprint density at radius 2 is 1.79 bits per heavy atom. The lowest BCUT2D eigenvalue weighted by Crippen LogP contribution is -2.47. The number of halogens is 2. The molecule has 2 aromatic carbocycles. The van der Waals surface area contributed by atoms with Crippen molar-refractivity contribution in [3.8, 4) is 6.19 Å². The number of benzene rings is 2. The van der Waals surface area contributed by atoms with Crippen LogP contribution < -0.4 is 10.6 Å². The number of guanidine groups is 1. The van der Waals surface area contributed by atoms with Crippen molar-refractivity contribution in [1.29, 1.82) is 5.26 Å². The summed E-state index contributed by atoms with van der Waals surface area (Å²) < 4.78 is 0. The number of tetrazole rings is 1. The van der Waals surface area contributed by atoms with Gasteiger partial charge >= 0.3 is 0 Å². The van der Waals surface area contributed by atoms with E-state index in [2.05, 4.69) is 56.9 Å². The lowest BCUT2D eigenvalue weighted by molar-refractivity contribution is 0.102. The molecule has 1 aliphatic rings. The lowest BCUT2D eigenvalue weighted by Gasteiger charge is -2.42. The van der Waals surface area contributed by atoms with E-state index >= 15 is 0 Å². The number of carbonyl (C=O) groups excluding carboxylic acids is 1. The molecule has 3 aromatic rings. The van der Waals surface area contributed by atoms with Crippen LogP contribution in [-0.2, 0) is 6.54 Å². The monoisotopic (exact) mass is 567 g/mol. The van der Waals surface area contributed by atoms with Crippen molar-refractivity contribution in [2.45, 2.75) is 59.0 Å². The van der Waals surface area contributed by atoms with Crippen LogP contribution in [0.5, 0.6) is 0 Å². The van der Waals surface area contributed by atoms with Crippen molar-refractivity contribution in [2.75, 3.05) is 5.32 Å². The first kappa shape index (κ1) is 28.3. The minimum atomic E-state index is -0.341. The number of aliphatic imine (C=N–C) groups is 1. The van der Waals surface area contributed by atoms with Gasteiger partial charge in [-0.25, -0.2) is 4.99 Å². The largest absolute Gasteiger partial charge is 0.335 e. The zero-order valence-corrected chi connectivity index (χ0v) is 23.6. The van der Waals surface area contributed by atoms with Crippen LogP contribution in [0.3, 0.4) is 0 Å². The Kier molecular flexibility index (Phi) is 9.04. The van der Waals surface area contributed by atoms with Crippen LogP contribution in [0.15, 0.2) is 47.5 Å². The smallest absolute Gasteiger partial charge is 0.270 e. The van der Waals surface area contributed by atoms with Gasteiger partial charge in [0.05, 0.1) is 5.69 Å². The summed E-state index contributed by atoms with van der Waals surface area (Å²) in [4.78, 5) is 19.4. The van der Waals surface area contributed by atoms with Crippen LogP contribution in [0, 0.1) is 22.8 Å².